The first-order valence-electron chi connectivity index (χ1n) is 12.4. The molecule has 1 fully saturated rings. The fourth-order valence-corrected chi connectivity index (χ4v) is 4.76. The molecule has 30 heavy (non-hydrogen) atoms. The number of hydrogen-bond donors (Lipinski definition) is 2. The monoisotopic (exact) mass is 448 g/mol. The first-order valence-corrected chi connectivity index (χ1v) is 13.6. The largest absolute Gasteiger partial charge is 0.394 e. The Kier molecular flexibility index (Phi) is 17.5. The van der Waals surface area contributed by atoms with Crippen LogP contribution in [0.5, 0.6) is 0 Å². The number of ether oxygens (including phenoxy) is 2. The molecule has 5 atom stereocenters. The van der Waals surface area contributed by atoms with E-state index in [0.717, 1.165) is 12.8 Å². The van der Waals surface area contributed by atoms with Gasteiger partial charge in [-0.25, -0.2) is 0 Å². The fourth-order valence-electron chi connectivity index (χ4n) is 4.24. The Bertz CT molecular complexity index is 428. The Morgan fingerprint density at radius 2 is 1.30 bits per heavy atom. The molecule has 1 saturated heterocycles. The number of aliphatic hydroxyl groups excluding tert-OH is 1. The van der Waals surface area contributed by atoms with Crippen molar-refractivity contribution in [3.8, 4) is 0 Å². The maximum absolute atomic E-state index is 11.1. The molecule has 2 unspecified atom stereocenters. The zero-order valence-electron chi connectivity index (χ0n) is 19.4. The molecule has 0 aromatic carbocycles. The van der Waals surface area contributed by atoms with E-state index in [2.05, 4.69) is 6.92 Å². The van der Waals surface area contributed by atoms with E-state index in [1.54, 1.807) is 0 Å². The van der Waals surface area contributed by atoms with Crippen molar-refractivity contribution < 1.29 is 28.6 Å². The molecule has 1 heterocycles. The van der Waals surface area contributed by atoms with Crippen LogP contribution in [-0.4, -0.2) is 55.4 Å². The van der Waals surface area contributed by atoms with Crippen LogP contribution in [0.4, 0.5) is 0 Å². The number of aliphatic hydroxyl groups is 1. The summed E-state index contributed by atoms with van der Waals surface area (Å²) in [7, 11) is -1.25. The summed E-state index contributed by atoms with van der Waals surface area (Å²) in [5.41, 5.74) is 0. The van der Waals surface area contributed by atoms with Gasteiger partial charge in [-0.05, 0) is 6.42 Å². The molecule has 0 aliphatic carbocycles. The summed E-state index contributed by atoms with van der Waals surface area (Å²) in [6, 6.07) is -0.259. The molecule has 0 aromatic heterocycles. The molecule has 0 spiro atoms. The van der Waals surface area contributed by atoms with E-state index in [0.29, 0.717) is 6.61 Å². The van der Waals surface area contributed by atoms with Crippen LogP contribution < -0.4 is 0 Å². The second-order valence-corrected chi connectivity index (χ2v) is 9.46. The molecule has 178 valence electrons. The van der Waals surface area contributed by atoms with Crippen LogP contribution in [0.1, 0.15) is 103 Å². The Labute approximate surface area is 185 Å². The van der Waals surface area contributed by atoms with Crippen LogP contribution in [0.3, 0.4) is 0 Å². The number of rotatable bonds is 20. The Morgan fingerprint density at radius 3 is 1.73 bits per heavy atom. The average molecular weight is 448 g/mol. The highest BCUT2D eigenvalue weighted by Crippen LogP contribution is 2.31. The maximum Gasteiger partial charge on any atom is 0.317 e. The molecule has 1 rings (SSSR count). The van der Waals surface area contributed by atoms with E-state index >= 15 is 0 Å². The molecular weight excluding hydrogens is 402 g/mol. The van der Waals surface area contributed by atoms with E-state index in [9.17, 15) is 9.67 Å². The van der Waals surface area contributed by atoms with Gasteiger partial charge in [0, 0.05) is 6.61 Å². The Balaban J connectivity index is 1.94. The van der Waals surface area contributed by atoms with Crippen molar-refractivity contribution in [3.63, 3.8) is 0 Å². The highest BCUT2D eigenvalue weighted by Gasteiger charge is 2.44. The minimum Gasteiger partial charge on any atom is -0.394 e. The van der Waals surface area contributed by atoms with Gasteiger partial charge in [0.05, 0.1) is 12.6 Å². The SMILES string of the molecule is B[C@@H]1O[C@H](CO)C(O[PH](=O)O)[C@@H]1OCCCCCCCCCCCCCCCCC. The molecule has 0 radical (unpaired) electrons. The number of hydrogen-bond acceptors (Lipinski definition) is 5. The first kappa shape index (κ1) is 28.1. The molecule has 0 aromatic rings. The molecular formula is C22H46BO6P. The molecule has 0 amide bonds. The minimum absolute atomic E-state index is 0.247. The van der Waals surface area contributed by atoms with Crippen molar-refractivity contribution >= 4 is 16.1 Å². The number of unbranched alkanes of at least 4 members (excludes halogenated alkanes) is 14. The van der Waals surface area contributed by atoms with Gasteiger partial charge in [-0.1, -0.05) is 96.8 Å². The van der Waals surface area contributed by atoms with Gasteiger partial charge < -0.3 is 24.0 Å². The first-order chi connectivity index (χ1) is 14.6. The van der Waals surface area contributed by atoms with E-state index in [1.807, 2.05) is 7.85 Å². The van der Waals surface area contributed by atoms with Gasteiger partial charge in [-0.2, -0.15) is 0 Å². The summed E-state index contributed by atoms with van der Waals surface area (Å²) in [4.78, 5) is 9.07. The zero-order valence-corrected chi connectivity index (χ0v) is 20.4. The zero-order chi connectivity index (χ0) is 22.0. The van der Waals surface area contributed by atoms with Crippen LogP contribution in [0.25, 0.3) is 0 Å². The fraction of sp³-hybridized carbons (Fsp3) is 1.00. The average Bonchev–Trinajstić information content (AvgIpc) is 3.01. The molecule has 8 heteroatoms. The van der Waals surface area contributed by atoms with Crippen molar-refractivity contribution in [3.05, 3.63) is 0 Å². The second-order valence-electron chi connectivity index (χ2n) is 8.70. The van der Waals surface area contributed by atoms with Gasteiger partial charge in [0.15, 0.2) is 0 Å². The minimum atomic E-state index is -3.10. The summed E-state index contributed by atoms with van der Waals surface area (Å²) in [6.07, 6.45) is 18.1. The predicted molar refractivity (Wildman–Crippen MR) is 125 cm³/mol. The Hall–Kier alpha value is 0.0949. The van der Waals surface area contributed by atoms with Gasteiger partial charge in [-0.15, -0.1) is 0 Å². The van der Waals surface area contributed by atoms with Gasteiger partial charge in [0.25, 0.3) is 0 Å². The molecule has 0 bridgehead atoms. The lowest BCUT2D eigenvalue weighted by Gasteiger charge is -2.22. The lowest BCUT2D eigenvalue weighted by Crippen LogP contribution is -2.37. The van der Waals surface area contributed by atoms with E-state index in [-0.39, 0.29) is 12.6 Å². The third kappa shape index (κ3) is 12.8. The van der Waals surface area contributed by atoms with Crippen LogP contribution in [-0.2, 0) is 18.6 Å². The summed E-state index contributed by atoms with van der Waals surface area (Å²) in [6.45, 7) is 2.61. The second kappa shape index (κ2) is 18.6. The quantitative estimate of drug-likeness (QED) is 0.164. The summed E-state index contributed by atoms with van der Waals surface area (Å²) in [5.74, 6) is 0. The van der Waals surface area contributed by atoms with Gasteiger partial charge in [0.1, 0.15) is 26.2 Å². The summed E-state index contributed by atoms with van der Waals surface area (Å²) < 4.78 is 27.6. The van der Waals surface area contributed by atoms with E-state index in [1.165, 1.54) is 83.5 Å². The normalized spacial score (nSPS) is 25.0. The predicted octanol–water partition coefficient (Wildman–Crippen LogP) is 4.36. The van der Waals surface area contributed by atoms with Crippen LogP contribution in [0, 0.1) is 0 Å². The van der Waals surface area contributed by atoms with Gasteiger partial charge in [0.2, 0.25) is 0 Å². The smallest absolute Gasteiger partial charge is 0.317 e. The van der Waals surface area contributed by atoms with E-state index in [4.69, 9.17) is 18.9 Å². The third-order valence-corrected chi connectivity index (χ3v) is 6.49. The molecule has 1 aliphatic heterocycles. The summed E-state index contributed by atoms with van der Waals surface area (Å²) in [5, 5.41) is 9.36. The van der Waals surface area contributed by atoms with E-state index < -0.39 is 26.6 Å². The third-order valence-electron chi connectivity index (χ3n) is 6.02. The highest BCUT2D eigenvalue weighted by molar-refractivity contribution is 7.32. The molecule has 6 nitrogen and oxygen atoms in total. The van der Waals surface area contributed by atoms with Crippen LogP contribution >= 0.6 is 8.25 Å². The lowest BCUT2D eigenvalue weighted by molar-refractivity contribution is -0.0176. The van der Waals surface area contributed by atoms with Crippen LogP contribution in [0.15, 0.2) is 0 Å². The molecule has 2 N–H and O–H groups in total. The van der Waals surface area contributed by atoms with Crippen molar-refractivity contribution in [2.45, 2.75) is 128 Å². The molecule has 1 aliphatic rings. The lowest BCUT2D eigenvalue weighted by atomic mass is 9.93. The maximum atomic E-state index is 11.1. The van der Waals surface area contributed by atoms with Gasteiger partial charge >= 0.3 is 8.25 Å². The van der Waals surface area contributed by atoms with Crippen molar-refractivity contribution in [1.82, 2.24) is 0 Å². The van der Waals surface area contributed by atoms with Crippen molar-refractivity contribution in [2.75, 3.05) is 13.2 Å². The van der Waals surface area contributed by atoms with Crippen molar-refractivity contribution in [1.29, 1.82) is 0 Å². The van der Waals surface area contributed by atoms with Gasteiger partial charge in [-0.3, -0.25) is 4.57 Å². The van der Waals surface area contributed by atoms with Crippen molar-refractivity contribution in [2.24, 2.45) is 0 Å². The van der Waals surface area contributed by atoms with Crippen LogP contribution in [0.2, 0.25) is 0 Å². The topological polar surface area (TPSA) is 85.2 Å². The highest BCUT2D eigenvalue weighted by atomic mass is 31.1. The standard InChI is InChI=1S/C22H46BO6P/c1-2-3-4-5-6-7-8-9-10-11-12-13-14-15-16-17-27-21-20(29-30(25)26)19(18-24)28-22(21)23/h19-22,24,30H,2-18,23H2,1H3,(H,25,26)/t19-,20?,21+,22-/m1/s1. The Morgan fingerprint density at radius 1 is 0.833 bits per heavy atom. The summed E-state index contributed by atoms with van der Waals surface area (Å²) >= 11 is 0. The molecule has 0 saturated carbocycles.